The average molecular weight is 426 g/mol. The Morgan fingerprint density at radius 1 is 1.10 bits per heavy atom. The van der Waals surface area contributed by atoms with Crippen molar-refractivity contribution >= 4 is 11.1 Å². The van der Waals surface area contributed by atoms with Gasteiger partial charge in [0, 0.05) is 11.3 Å². The summed E-state index contributed by atoms with van der Waals surface area (Å²) in [6.45, 7) is 2.13. The highest BCUT2D eigenvalue weighted by Gasteiger charge is 2.28. The first-order valence-electron chi connectivity index (χ1n) is 9.97. The van der Waals surface area contributed by atoms with E-state index >= 15 is 0 Å². The molecule has 156 valence electrons. The molecule has 7 heteroatoms. The molecule has 1 heterocycles. The molecule has 1 aliphatic rings. The molecular weight excluding hydrogens is 403 g/mol. The Hall–Kier alpha value is -2.64. The lowest BCUT2D eigenvalue weighted by Gasteiger charge is -2.20. The minimum absolute atomic E-state index is 0.0557. The highest BCUT2D eigenvalue weighted by molar-refractivity contribution is 7.78. The summed E-state index contributed by atoms with van der Waals surface area (Å²) in [5.74, 6) is -0.0618. The van der Waals surface area contributed by atoms with Gasteiger partial charge in [0.1, 0.15) is 5.82 Å². The minimum Gasteiger partial charge on any atom is -0.772 e. The Kier molecular flexibility index (Phi) is 5.92. The molecule has 1 aliphatic carbocycles. The van der Waals surface area contributed by atoms with E-state index in [9.17, 15) is 17.9 Å². The molecule has 0 radical (unpaired) electrons. The lowest BCUT2D eigenvalue weighted by atomic mass is 9.96. The van der Waals surface area contributed by atoms with Crippen molar-refractivity contribution in [3.8, 4) is 22.3 Å². The van der Waals surface area contributed by atoms with Crippen molar-refractivity contribution < 1.29 is 13.2 Å². The van der Waals surface area contributed by atoms with Crippen molar-refractivity contribution in [1.82, 2.24) is 9.78 Å². The van der Waals surface area contributed by atoms with E-state index in [0.717, 1.165) is 24.8 Å². The van der Waals surface area contributed by atoms with Gasteiger partial charge in [-0.2, -0.15) is 5.10 Å². The van der Waals surface area contributed by atoms with Gasteiger partial charge in [-0.25, -0.2) is 9.07 Å². The van der Waals surface area contributed by atoms with Crippen LogP contribution in [0.4, 0.5) is 4.39 Å². The Balaban J connectivity index is 1.85. The van der Waals surface area contributed by atoms with E-state index in [1.165, 1.54) is 12.1 Å². The molecule has 0 spiro atoms. The average Bonchev–Trinajstić information content (AvgIpc) is 3.14. The van der Waals surface area contributed by atoms with Crippen molar-refractivity contribution in [3.05, 3.63) is 76.5 Å². The molecule has 0 bridgehead atoms. The van der Waals surface area contributed by atoms with Crippen LogP contribution in [0.3, 0.4) is 0 Å². The first kappa shape index (κ1) is 20.6. The molecule has 1 aromatic heterocycles. The second-order valence-electron chi connectivity index (χ2n) is 7.81. The van der Waals surface area contributed by atoms with E-state index in [0.29, 0.717) is 28.2 Å². The second-order valence-corrected chi connectivity index (χ2v) is 8.71. The van der Waals surface area contributed by atoms with E-state index in [1.807, 2.05) is 0 Å². The van der Waals surface area contributed by atoms with Crippen molar-refractivity contribution in [1.29, 1.82) is 0 Å². The van der Waals surface area contributed by atoms with Crippen LogP contribution in [0.15, 0.2) is 59.5 Å². The van der Waals surface area contributed by atoms with Gasteiger partial charge >= 0.3 is 0 Å². The molecule has 0 aliphatic heterocycles. The number of hydrogen-bond donors (Lipinski definition) is 0. The fraction of sp³-hybridized carbons (Fsp3) is 0.304. The predicted octanol–water partition coefficient (Wildman–Crippen LogP) is 4.46. The summed E-state index contributed by atoms with van der Waals surface area (Å²) in [5.41, 5.74) is 2.97. The zero-order chi connectivity index (χ0) is 21.3. The van der Waals surface area contributed by atoms with Crippen molar-refractivity contribution in [3.63, 3.8) is 0 Å². The molecule has 30 heavy (non-hydrogen) atoms. The number of nitrogens with zero attached hydrogens (tertiary/aromatic N) is 2. The number of halogens is 1. The molecular formula is C23H22FN2O3S-. The molecule has 2 aromatic carbocycles. The van der Waals surface area contributed by atoms with Crippen LogP contribution in [0.2, 0.25) is 0 Å². The van der Waals surface area contributed by atoms with Crippen LogP contribution in [0.1, 0.15) is 37.8 Å². The molecule has 0 saturated heterocycles. The molecule has 3 aromatic rings. The summed E-state index contributed by atoms with van der Waals surface area (Å²) in [4.78, 5) is 13.5. The van der Waals surface area contributed by atoms with Gasteiger partial charge in [0.05, 0.1) is 17.8 Å². The first-order chi connectivity index (χ1) is 14.4. The normalized spacial score (nSPS) is 19.7. The Morgan fingerprint density at radius 3 is 2.37 bits per heavy atom. The van der Waals surface area contributed by atoms with Crippen LogP contribution in [0.25, 0.3) is 22.3 Å². The van der Waals surface area contributed by atoms with Crippen molar-refractivity contribution in [2.24, 2.45) is 5.92 Å². The monoisotopic (exact) mass is 425 g/mol. The Morgan fingerprint density at radius 2 is 1.77 bits per heavy atom. The van der Waals surface area contributed by atoms with Gasteiger partial charge in [-0.15, -0.1) is 0 Å². The van der Waals surface area contributed by atoms with Crippen LogP contribution in [-0.4, -0.2) is 18.5 Å². The van der Waals surface area contributed by atoms with Crippen LogP contribution >= 0.6 is 0 Å². The van der Waals surface area contributed by atoms with Gasteiger partial charge in [0.15, 0.2) is 0 Å². The number of hydrogen-bond acceptors (Lipinski definition) is 4. The topological polar surface area (TPSA) is 75.0 Å². The quantitative estimate of drug-likeness (QED) is 0.566. The number of rotatable bonds is 5. The third-order valence-corrected chi connectivity index (χ3v) is 6.38. The van der Waals surface area contributed by atoms with Crippen molar-refractivity contribution in [2.45, 2.75) is 38.0 Å². The van der Waals surface area contributed by atoms with Crippen LogP contribution in [0, 0.1) is 11.7 Å². The van der Waals surface area contributed by atoms with Gasteiger partial charge in [-0.3, -0.25) is 9.00 Å². The number of aromatic nitrogens is 2. The maximum absolute atomic E-state index is 13.5. The second kappa shape index (κ2) is 8.62. The van der Waals surface area contributed by atoms with E-state index in [-0.39, 0.29) is 23.2 Å². The summed E-state index contributed by atoms with van der Waals surface area (Å²) in [6, 6.07) is 13.0. The molecule has 1 saturated carbocycles. The Bertz CT molecular complexity index is 1130. The third kappa shape index (κ3) is 4.13. The summed E-state index contributed by atoms with van der Waals surface area (Å²) in [5, 5.41) is 4.49. The fourth-order valence-corrected chi connectivity index (χ4v) is 4.69. The molecule has 4 rings (SSSR count). The zero-order valence-electron chi connectivity index (χ0n) is 16.6. The first-order valence-corrected chi connectivity index (χ1v) is 11.2. The lowest BCUT2D eigenvalue weighted by Crippen LogP contribution is -2.30. The molecule has 0 N–H and O–H groups in total. The summed E-state index contributed by atoms with van der Waals surface area (Å²) >= 11 is -2.17. The van der Waals surface area contributed by atoms with E-state index < -0.39 is 11.1 Å². The highest BCUT2D eigenvalue weighted by Crippen LogP contribution is 2.35. The van der Waals surface area contributed by atoms with Crippen molar-refractivity contribution in [2.75, 3.05) is 0 Å². The predicted molar refractivity (Wildman–Crippen MR) is 114 cm³/mol. The largest absolute Gasteiger partial charge is 0.772 e. The van der Waals surface area contributed by atoms with Gasteiger partial charge in [0.2, 0.25) is 0 Å². The van der Waals surface area contributed by atoms with Gasteiger partial charge in [-0.1, -0.05) is 60.8 Å². The van der Waals surface area contributed by atoms with Gasteiger partial charge in [0.25, 0.3) is 5.56 Å². The van der Waals surface area contributed by atoms with Crippen LogP contribution < -0.4 is 5.56 Å². The lowest BCUT2D eigenvalue weighted by molar-refractivity contribution is 0.360. The van der Waals surface area contributed by atoms with E-state index in [1.54, 1.807) is 47.3 Å². The SMILES string of the molecule is CC1CCCC1n1ncc(-c2ccc(CS(=O)[O-])cc2)c(-c2ccc(F)cc2)c1=O. The zero-order valence-corrected chi connectivity index (χ0v) is 17.4. The van der Waals surface area contributed by atoms with Gasteiger partial charge < -0.3 is 4.55 Å². The van der Waals surface area contributed by atoms with Crippen LogP contribution in [-0.2, 0) is 16.8 Å². The third-order valence-electron chi connectivity index (χ3n) is 5.82. The highest BCUT2D eigenvalue weighted by atomic mass is 32.2. The molecule has 1 fully saturated rings. The summed E-state index contributed by atoms with van der Waals surface area (Å²) in [6.07, 6.45) is 4.73. The summed E-state index contributed by atoms with van der Waals surface area (Å²) < 4.78 is 37.0. The molecule has 3 atom stereocenters. The number of benzene rings is 2. The van der Waals surface area contributed by atoms with Gasteiger partial charge in [-0.05, 0) is 47.6 Å². The molecule has 3 unspecified atom stereocenters. The van der Waals surface area contributed by atoms with E-state index in [2.05, 4.69) is 12.0 Å². The maximum Gasteiger partial charge on any atom is 0.275 e. The van der Waals surface area contributed by atoms with E-state index in [4.69, 9.17) is 0 Å². The molecule has 0 amide bonds. The fourth-order valence-electron chi connectivity index (χ4n) is 4.22. The Labute approximate surface area is 176 Å². The smallest absolute Gasteiger partial charge is 0.275 e. The standard InChI is InChI=1S/C23H23FN2O3S/c1-15-3-2-4-21(15)26-23(27)22(18-9-11-19(24)12-10-18)20(13-25-26)17-7-5-16(6-8-17)14-30(28)29/h5-13,15,21H,2-4,14H2,1H3,(H,28,29)/p-1. The summed E-state index contributed by atoms with van der Waals surface area (Å²) in [7, 11) is 0. The molecule has 5 nitrogen and oxygen atoms in total. The van der Waals surface area contributed by atoms with Crippen LogP contribution in [0.5, 0.6) is 0 Å². The minimum atomic E-state index is -2.17. The maximum atomic E-state index is 13.5.